The van der Waals surface area contributed by atoms with Crippen molar-refractivity contribution in [3.8, 4) is 6.01 Å². The molecule has 0 fully saturated rings. The van der Waals surface area contributed by atoms with Gasteiger partial charge >= 0.3 is 6.01 Å². The molecule has 0 saturated heterocycles. The topological polar surface area (TPSA) is 63.2 Å². The van der Waals surface area contributed by atoms with Crippen LogP contribution >= 0.6 is 0 Å². The van der Waals surface area contributed by atoms with Crippen LogP contribution in [0.25, 0.3) is 0 Å². The van der Waals surface area contributed by atoms with Crippen molar-refractivity contribution in [3.05, 3.63) is 0 Å². The predicted octanol–water partition coefficient (Wildman–Crippen LogP) is 1.79. The van der Waals surface area contributed by atoms with Gasteiger partial charge in [-0.05, 0) is 19.3 Å². The number of hydrogen-bond donors (Lipinski definition) is 1. The van der Waals surface area contributed by atoms with Crippen LogP contribution in [-0.2, 0) is 0 Å². The summed E-state index contributed by atoms with van der Waals surface area (Å²) in [7, 11) is 3.54. The Kier molecular flexibility index (Phi) is 5.61. The predicted molar refractivity (Wildman–Crippen MR) is 73.3 cm³/mol. The molecule has 0 saturated carbocycles. The van der Waals surface area contributed by atoms with Gasteiger partial charge in [0.15, 0.2) is 0 Å². The zero-order valence-corrected chi connectivity index (χ0v) is 11.9. The first-order valence-electron chi connectivity index (χ1n) is 6.31. The van der Waals surface area contributed by atoms with E-state index in [1.807, 2.05) is 18.9 Å². The molecule has 0 unspecified atom stereocenters. The average molecular weight is 253 g/mol. The number of ether oxygens (including phenoxy) is 1. The molecule has 0 aliphatic heterocycles. The van der Waals surface area contributed by atoms with Crippen molar-refractivity contribution in [1.82, 2.24) is 15.0 Å². The van der Waals surface area contributed by atoms with Crippen LogP contribution in [0.5, 0.6) is 6.01 Å². The average Bonchev–Trinajstić information content (AvgIpc) is 2.35. The van der Waals surface area contributed by atoms with E-state index in [0.29, 0.717) is 23.8 Å². The van der Waals surface area contributed by atoms with Crippen LogP contribution in [0.1, 0.15) is 27.2 Å². The summed E-state index contributed by atoms with van der Waals surface area (Å²) in [6.45, 7) is 8.08. The fourth-order valence-electron chi connectivity index (χ4n) is 1.40. The van der Waals surface area contributed by atoms with Crippen LogP contribution in [0.3, 0.4) is 0 Å². The van der Waals surface area contributed by atoms with Gasteiger partial charge in [-0.1, -0.05) is 13.8 Å². The van der Waals surface area contributed by atoms with Crippen molar-refractivity contribution in [2.24, 2.45) is 5.92 Å². The summed E-state index contributed by atoms with van der Waals surface area (Å²) < 4.78 is 5.09. The Morgan fingerprint density at radius 1 is 1.28 bits per heavy atom. The molecule has 1 rings (SSSR count). The molecule has 0 spiro atoms. The first-order chi connectivity index (χ1) is 8.56. The summed E-state index contributed by atoms with van der Waals surface area (Å²) >= 11 is 0. The Labute approximate surface area is 109 Å². The van der Waals surface area contributed by atoms with Gasteiger partial charge in [0.05, 0.1) is 7.11 Å². The molecule has 18 heavy (non-hydrogen) atoms. The van der Waals surface area contributed by atoms with Gasteiger partial charge in [-0.3, -0.25) is 0 Å². The zero-order valence-electron chi connectivity index (χ0n) is 11.9. The van der Waals surface area contributed by atoms with Gasteiger partial charge in [0, 0.05) is 20.1 Å². The highest BCUT2D eigenvalue weighted by Gasteiger charge is 2.10. The van der Waals surface area contributed by atoms with E-state index in [9.17, 15) is 0 Å². The molecule has 0 amide bonds. The SMILES string of the molecule is CCNc1nc(OC)nc(N(C)CCC(C)C)n1. The van der Waals surface area contributed by atoms with E-state index in [0.717, 1.165) is 19.5 Å². The molecular weight excluding hydrogens is 230 g/mol. The largest absolute Gasteiger partial charge is 0.467 e. The minimum Gasteiger partial charge on any atom is -0.467 e. The van der Waals surface area contributed by atoms with Crippen LogP contribution in [0.2, 0.25) is 0 Å². The molecule has 1 heterocycles. The maximum Gasteiger partial charge on any atom is 0.322 e. The summed E-state index contributed by atoms with van der Waals surface area (Å²) in [5, 5.41) is 3.07. The third kappa shape index (κ3) is 4.35. The second-order valence-corrected chi connectivity index (χ2v) is 4.58. The first kappa shape index (κ1) is 14.5. The van der Waals surface area contributed by atoms with E-state index in [-0.39, 0.29) is 0 Å². The molecular formula is C12H23N5O. The minimum absolute atomic E-state index is 0.340. The maximum absolute atomic E-state index is 5.09. The normalized spacial score (nSPS) is 10.6. The lowest BCUT2D eigenvalue weighted by atomic mass is 10.1. The van der Waals surface area contributed by atoms with E-state index in [1.54, 1.807) is 7.11 Å². The van der Waals surface area contributed by atoms with Crippen molar-refractivity contribution in [3.63, 3.8) is 0 Å². The number of nitrogens with one attached hydrogen (secondary N) is 1. The van der Waals surface area contributed by atoms with E-state index < -0.39 is 0 Å². The van der Waals surface area contributed by atoms with Gasteiger partial charge in [-0.25, -0.2) is 0 Å². The highest BCUT2D eigenvalue weighted by atomic mass is 16.5. The van der Waals surface area contributed by atoms with E-state index in [2.05, 4.69) is 34.1 Å². The summed E-state index contributed by atoms with van der Waals surface area (Å²) in [4.78, 5) is 14.8. The van der Waals surface area contributed by atoms with Gasteiger partial charge in [-0.15, -0.1) is 0 Å². The molecule has 1 aromatic heterocycles. The quantitative estimate of drug-likeness (QED) is 0.799. The lowest BCUT2D eigenvalue weighted by molar-refractivity contribution is 0.378. The molecule has 0 bridgehead atoms. The van der Waals surface area contributed by atoms with E-state index >= 15 is 0 Å². The summed E-state index contributed by atoms with van der Waals surface area (Å²) in [5.74, 6) is 1.85. The molecule has 102 valence electrons. The maximum atomic E-state index is 5.09. The van der Waals surface area contributed by atoms with Crippen molar-refractivity contribution >= 4 is 11.9 Å². The lowest BCUT2D eigenvalue weighted by Gasteiger charge is -2.18. The molecule has 0 aliphatic rings. The summed E-state index contributed by atoms with van der Waals surface area (Å²) in [6, 6.07) is 0.340. The minimum atomic E-state index is 0.340. The first-order valence-corrected chi connectivity index (χ1v) is 6.31. The Morgan fingerprint density at radius 2 is 2.00 bits per heavy atom. The van der Waals surface area contributed by atoms with Gasteiger partial charge in [0.2, 0.25) is 11.9 Å². The Hall–Kier alpha value is -1.59. The molecule has 0 atom stereocenters. The van der Waals surface area contributed by atoms with Crippen molar-refractivity contribution in [2.45, 2.75) is 27.2 Å². The van der Waals surface area contributed by atoms with E-state index in [1.165, 1.54) is 0 Å². The zero-order chi connectivity index (χ0) is 13.5. The van der Waals surface area contributed by atoms with Crippen LogP contribution in [0.4, 0.5) is 11.9 Å². The van der Waals surface area contributed by atoms with Crippen LogP contribution < -0.4 is 15.0 Å². The molecule has 6 nitrogen and oxygen atoms in total. The van der Waals surface area contributed by atoms with Gasteiger partial charge in [0.25, 0.3) is 0 Å². The second kappa shape index (κ2) is 6.98. The molecule has 0 radical (unpaired) electrons. The molecule has 1 aromatic rings. The van der Waals surface area contributed by atoms with Crippen LogP contribution in [0, 0.1) is 5.92 Å². The Morgan fingerprint density at radius 3 is 2.56 bits per heavy atom. The second-order valence-electron chi connectivity index (χ2n) is 4.58. The monoisotopic (exact) mass is 253 g/mol. The van der Waals surface area contributed by atoms with Crippen molar-refractivity contribution in [1.29, 1.82) is 0 Å². The van der Waals surface area contributed by atoms with Crippen LogP contribution in [0.15, 0.2) is 0 Å². The number of anilines is 2. The molecule has 6 heteroatoms. The number of rotatable bonds is 7. The van der Waals surface area contributed by atoms with Crippen LogP contribution in [-0.4, -0.2) is 42.2 Å². The lowest BCUT2D eigenvalue weighted by Crippen LogP contribution is -2.23. The van der Waals surface area contributed by atoms with Gasteiger partial charge in [0.1, 0.15) is 0 Å². The number of methoxy groups -OCH3 is 1. The number of nitrogens with zero attached hydrogens (tertiary/aromatic N) is 4. The Balaban J connectivity index is 2.82. The van der Waals surface area contributed by atoms with Crippen molar-refractivity contribution in [2.75, 3.05) is 37.5 Å². The van der Waals surface area contributed by atoms with Gasteiger partial charge in [-0.2, -0.15) is 15.0 Å². The Bertz CT molecular complexity index is 369. The molecule has 0 aromatic carbocycles. The van der Waals surface area contributed by atoms with Crippen molar-refractivity contribution < 1.29 is 4.74 Å². The van der Waals surface area contributed by atoms with Gasteiger partial charge < -0.3 is 15.0 Å². The number of hydrogen-bond acceptors (Lipinski definition) is 6. The molecule has 0 aliphatic carbocycles. The fourth-order valence-corrected chi connectivity index (χ4v) is 1.40. The highest BCUT2D eigenvalue weighted by Crippen LogP contribution is 2.14. The molecule has 1 N–H and O–H groups in total. The highest BCUT2D eigenvalue weighted by molar-refractivity contribution is 5.37. The fraction of sp³-hybridized carbons (Fsp3) is 0.750. The summed E-state index contributed by atoms with van der Waals surface area (Å²) in [6.07, 6.45) is 1.10. The standard InChI is InChI=1S/C12H23N5O/c1-6-13-10-14-11(16-12(15-10)18-5)17(4)8-7-9(2)3/h9H,6-8H2,1-5H3,(H,13,14,15,16). The third-order valence-corrected chi connectivity index (χ3v) is 2.50. The van der Waals surface area contributed by atoms with E-state index in [4.69, 9.17) is 4.74 Å². The number of aromatic nitrogens is 3. The smallest absolute Gasteiger partial charge is 0.322 e. The summed E-state index contributed by atoms with van der Waals surface area (Å²) in [5.41, 5.74) is 0. The third-order valence-electron chi connectivity index (χ3n) is 2.50.